The highest BCUT2D eigenvalue weighted by Crippen LogP contribution is 2.55. The first-order valence-electron chi connectivity index (χ1n) is 6.94. The monoisotopic (exact) mass is 336 g/mol. The van der Waals surface area contributed by atoms with Gasteiger partial charge in [-0.2, -0.15) is 0 Å². The number of sulfone groups is 1. The highest BCUT2D eigenvalue weighted by Gasteiger charge is 2.68. The molecule has 4 N–H and O–H groups in total. The molecule has 6 heteroatoms. The molecule has 0 spiro atoms. The standard InChI is InChI=1S/C16H17ClN2O2S/c17-12-8-6-11(7-9-12)14-15(16(14,19)10-18)22(20,21)13-4-2-1-3-5-13/h1-9,14-15H,10,18-19H2/t14-,15+,16+/m1/s1. The molecule has 1 saturated carbocycles. The molecule has 0 unspecified atom stereocenters. The molecule has 4 nitrogen and oxygen atoms in total. The summed E-state index contributed by atoms with van der Waals surface area (Å²) in [5.41, 5.74) is 12.0. The van der Waals surface area contributed by atoms with Crippen molar-refractivity contribution in [2.75, 3.05) is 6.54 Å². The molecule has 0 bridgehead atoms. The van der Waals surface area contributed by atoms with Crippen molar-refractivity contribution >= 4 is 21.4 Å². The quantitative estimate of drug-likeness (QED) is 0.893. The molecule has 0 saturated heterocycles. The fourth-order valence-corrected chi connectivity index (χ4v) is 5.51. The van der Waals surface area contributed by atoms with Gasteiger partial charge in [-0.05, 0) is 29.8 Å². The van der Waals surface area contributed by atoms with Gasteiger partial charge in [-0.1, -0.05) is 41.9 Å². The van der Waals surface area contributed by atoms with E-state index in [4.69, 9.17) is 23.1 Å². The largest absolute Gasteiger partial charge is 0.329 e. The van der Waals surface area contributed by atoms with Crippen LogP contribution in [0.4, 0.5) is 0 Å². The van der Waals surface area contributed by atoms with Crippen LogP contribution in [0.25, 0.3) is 0 Å². The first kappa shape index (κ1) is 15.5. The Hall–Kier alpha value is -1.40. The molecule has 0 radical (unpaired) electrons. The first-order chi connectivity index (χ1) is 10.4. The number of hydrogen-bond donors (Lipinski definition) is 2. The SMILES string of the molecule is NC[C@]1(N)[C@H](c2ccc(Cl)cc2)[C@@H]1S(=O)(=O)c1ccccc1. The molecule has 22 heavy (non-hydrogen) atoms. The molecule has 3 rings (SSSR count). The van der Waals surface area contributed by atoms with E-state index in [-0.39, 0.29) is 17.4 Å². The van der Waals surface area contributed by atoms with Crippen LogP contribution in [0.3, 0.4) is 0 Å². The molecule has 1 aliphatic carbocycles. The maximum atomic E-state index is 12.9. The van der Waals surface area contributed by atoms with E-state index in [1.54, 1.807) is 42.5 Å². The van der Waals surface area contributed by atoms with Crippen molar-refractivity contribution in [1.29, 1.82) is 0 Å². The van der Waals surface area contributed by atoms with Gasteiger partial charge in [0.2, 0.25) is 0 Å². The molecule has 1 aliphatic rings. The zero-order chi connectivity index (χ0) is 16.0. The lowest BCUT2D eigenvalue weighted by atomic mass is 10.1. The molecule has 0 aromatic heterocycles. The summed E-state index contributed by atoms with van der Waals surface area (Å²) in [7, 11) is -3.53. The Morgan fingerprint density at radius 3 is 2.18 bits per heavy atom. The van der Waals surface area contributed by atoms with Gasteiger partial charge < -0.3 is 11.5 Å². The van der Waals surface area contributed by atoms with Crippen LogP contribution in [0.1, 0.15) is 11.5 Å². The summed E-state index contributed by atoms with van der Waals surface area (Å²) in [5, 5.41) is -0.115. The zero-order valence-corrected chi connectivity index (χ0v) is 13.4. The van der Waals surface area contributed by atoms with Crippen LogP contribution in [0.15, 0.2) is 59.5 Å². The Morgan fingerprint density at radius 1 is 1.05 bits per heavy atom. The lowest BCUT2D eigenvalue weighted by molar-refractivity contribution is 0.586. The van der Waals surface area contributed by atoms with E-state index in [0.717, 1.165) is 5.56 Å². The molecule has 1 fully saturated rings. The summed E-state index contributed by atoms with van der Waals surface area (Å²) in [5.74, 6) is -0.319. The summed E-state index contributed by atoms with van der Waals surface area (Å²) in [6, 6.07) is 15.4. The van der Waals surface area contributed by atoms with Crippen molar-refractivity contribution in [2.24, 2.45) is 11.5 Å². The van der Waals surface area contributed by atoms with Gasteiger partial charge in [0.1, 0.15) is 0 Å². The van der Waals surface area contributed by atoms with Crippen LogP contribution < -0.4 is 11.5 Å². The molecule has 0 heterocycles. The third-order valence-electron chi connectivity index (χ3n) is 4.29. The van der Waals surface area contributed by atoms with Crippen molar-refractivity contribution in [3.8, 4) is 0 Å². The van der Waals surface area contributed by atoms with Crippen LogP contribution in [0, 0.1) is 0 Å². The number of rotatable bonds is 4. The van der Waals surface area contributed by atoms with Crippen molar-refractivity contribution in [2.45, 2.75) is 21.6 Å². The van der Waals surface area contributed by atoms with Gasteiger partial charge in [0.15, 0.2) is 9.84 Å². The van der Waals surface area contributed by atoms with Crippen molar-refractivity contribution in [3.63, 3.8) is 0 Å². The highest BCUT2D eigenvalue weighted by molar-refractivity contribution is 7.92. The van der Waals surface area contributed by atoms with Gasteiger partial charge in [-0.15, -0.1) is 0 Å². The molecule has 2 aromatic rings. The summed E-state index contributed by atoms with van der Waals surface area (Å²) in [6.45, 7) is 0.108. The average Bonchev–Trinajstić information content (AvgIpc) is 3.17. The fraction of sp³-hybridized carbons (Fsp3) is 0.250. The smallest absolute Gasteiger partial charge is 0.183 e. The van der Waals surface area contributed by atoms with E-state index < -0.39 is 20.6 Å². The lowest BCUT2D eigenvalue weighted by Gasteiger charge is -2.08. The highest BCUT2D eigenvalue weighted by atomic mass is 35.5. The van der Waals surface area contributed by atoms with Gasteiger partial charge in [0.25, 0.3) is 0 Å². The predicted molar refractivity (Wildman–Crippen MR) is 87.6 cm³/mol. The maximum Gasteiger partial charge on any atom is 0.183 e. The second kappa shape index (κ2) is 5.35. The van der Waals surface area contributed by atoms with Crippen LogP contribution in [0.5, 0.6) is 0 Å². The topological polar surface area (TPSA) is 86.2 Å². The van der Waals surface area contributed by atoms with Crippen LogP contribution in [-0.2, 0) is 9.84 Å². The number of nitrogens with two attached hydrogens (primary N) is 2. The third kappa shape index (κ3) is 2.34. The Kier molecular flexibility index (Phi) is 3.77. The van der Waals surface area contributed by atoms with E-state index in [1.165, 1.54) is 0 Å². The number of hydrogen-bond acceptors (Lipinski definition) is 4. The summed E-state index contributed by atoms with van der Waals surface area (Å²) in [6.07, 6.45) is 0. The lowest BCUT2D eigenvalue weighted by Crippen LogP contribution is -2.39. The van der Waals surface area contributed by atoms with E-state index in [1.807, 2.05) is 12.1 Å². The van der Waals surface area contributed by atoms with E-state index >= 15 is 0 Å². The molecule has 116 valence electrons. The molecular formula is C16H17ClN2O2S. The van der Waals surface area contributed by atoms with E-state index in [0.29, 0.717) is 5.02 Å². The summed E-state index contributed by atoms with van der Waals surface area (Å²) >= 11 is 5.89. The van der Waals surface area contributed by atoms with Crippen molar-refractivity contribution in [1.82, 2.24) is 0 Å². The minimum Gasteiger partial charge on any atom is -0.329 e. The van der Waals surface area contributed by atoms with Crippen LogP contribution >= 0.6 is 11.6 Å². The third-order valence-corrected chi connectivity index (χ3v) is 6.85. The Morgan fingerprint density at radius 2 is 1.64 bits per heavy atom. The minimum atomic E-state index is -3.53. The molecular weight excluding hydrogens is 320 g/mol. The average molecular weight is 337 g/mol. The van der Waals surface area contributed by atoms with E-state index in [9.17, 15) is 8.42 Å². The minimum absolute atomic E-state index is 0.108. The number of halogens is 1. The van der Waals surface area contributed by atoms with Gasteiger partial charge in [-0.25, -0.2) is 8.42 Å². The van der Waals surface area contributed by atoms with Gasteiger partial charge in [-0.3, -0.25) is 0 Å². The zero-order valence-electron chi connectivity index (χ0n) is 11.8. The predicted octanol–water partition coefficient (Wildman–Crippen LogP) is 1.94. The Balaban J connectivity index is 2.02. The first-order valence-corrected chi connectivity index (χ1v) is 8.87. The number of benzene rings is 2. The summed E-state index contributed by atoms with van der Waals surface area (Å²) < 4.78 is 25.7. The van der Waals surface area contributed by atoms with Crippen LogP contribution in [0.2, 0.25) is 5.02 Å². The van der Waals surface area contributed by atoms with Gasteiger partial charge in [0.05, 0.1) is 15.7 Å². The van der Waals surface area contributed by atoms with Crippen molar-refractivity contribution in [3.05, 3.63) is 65.2 Å². The molecule has 0 aliphatic heterocycles. The van der Waals surface area contributed by atoms with Crippen LogP contribution in [-0.4, -0.2) is 25.8 Å². The normalized spacial score (nSPS) is 27.6. The van der Waals surface area contributed by atoms with Crippen molar-refractivity contribution < 1.29 is 8.42 Å². The molecule has 3 atom stereocenters. The van der Waals surface area contributed by atoms with Gasteiger partial charge >= 0.3 is 0 Å². The Bertz CT molecular complexity index is 778. The maximum absolute atomic E-state index is 12.9. The molecule has 0 amide bonds. The van der Waals surface area contributed by atoms with E-state index in [2.05, 4.69) is 0 Å². The Labute approximate surface area is 135 Å². The molecule has 2 aromatic carbocycles. The second-order valence-corrected chi connectivity index (χ2v) is 8.13. The van der Waals surface area contributed by atoms with Gasteiger partial charge in [0, 0.05) is 17.5 Å². The fourth-order valence-electron chi connectivity index (χ4n) is 3.05. The second-order valence-electron chi connectivity index (χ2n) is 5.62. The summed E-state index contributed by atoms with van der Waals surface area (Å²) in [4.78, 5) is 0.278.